The van der Waals surface area contributed by atoms with E-state index in [1.165, 1.54) is 0 Å². The number of hydrogen-bond donors (Lipinski definition) is 0. The van der Waals surface area contributed by atoms with E-state index in [0.29, 0.717) is 0 Å². The van der Waals surface area contributed by atoms with E-state index in [2.05, 4.69) is 39.6 Å². The molecule has 13 heavy (non-hydrogen) atoms. The Hall–Kier alpha value is -0.370. The molecular formula is C11H21NO. The Morgan fingerprint density at radius 3 is 1.85 bits per heavy atom. The van der Waals surface area contributed by atoms with Crippen LogP contribution in [0.5, 0.6) is 0 Å². The van der Waals surface area contributed by atoms with Gasteiger partial charge in [-0.2, -0.15) is 0 Å². The minimum Gasteiger partial charge on any atom is -0.305 e. The lowest BCUT2D eigenvalue weighted by molar-refractivity contribution is -0.125. The number of carbonyl (C=O) groups is 1. The third-order valence-electron chi connectivity index (χ3n) is 3.17. The van der Waals surface area contributed by atoms with Gasteiger partial charge in [-0.3, -0.25) is 0 Å². The first-order valence-electron chi connectivity index (χ1n) is 4.93. The molecule has 0 aromatic rings. The van der Waals surface area contributed by atoms with Gasteiger partial charge in [0.25, 0.3) is 0 Å². The summed E-state index contributed by atoms with van der Waals surface area (Å²) < 4.78 is 0. The Bertz CT molecular complexity index is 190. The Morgan fingerprint density at radius 1 is 1.15 bits per heavy atom. The molecule has 0 N–H and O–H groups in total. The molecule has 0 aromatic heterocycles. The van der Waals surface area contributed by atoms with Gasteiger partial charge in [0.1, 0.15) is 6.29 Å². The van der Waals surface area contributed by atoms with Gasteiger partial charge in [0.15, 0.2) is 0 Å². The van der Waals surface area contributed by atoms with Crippen molar-refractivity contribution >= 4 is 6.29 Å². The first-order valence-corrected chi connectivity index (χ1v) is 4.93. The molecule has 0 aliphatic carbocycles. The molecule has 76 valence electrons. The van der Waals surface area contributed by atoms with E-state index in [1.54, 1.807) is 0 Å². The van der Waals surface area contributed by atoms with Crippen molar-refractivity contribution in [2.75, 3.05) is 20.1 Å². The normalized spacial score (nSPS) is 28.7. The molecule has 1 rings (SSSR count). The highest BCUT2D eigenvalue weighted by molar-refractivity contribution is 5.57. The van der Waals surface area contributed by atoms with Crippen molar-refractivity contribution in [1.29, 1.82) is 0 Å². The fourth-order valence-corrected chi connectivity index (χ4v) is 3.07. The average Bonchev–Trinajstić information content (AvgIpc) is 1.79. The Balaban J connectivity index is 2.94. The predicted octanol–water partition coefficient (Wildman–Crippen LogP) is 1.80. The predicted molar refractivity (Wildman–Crippen MR) is 54.6 cm³/mol. The summed E-state index contributed by atoms with van der Waals surface area (Å²) in [5.41, 5.74) is 0.219. The molecule has 1 saturated heterocycles. The van der Waals surface area contributed by atoms with E-state index in [4.69, 9.17) is 0 Å². The number of aldehydes is 1. The Morgan fingerprint density at radius 2 is 1.54 bits per heavy atom. The summed E-state index contributed by atoms with van der Waals surface area (Å²) in [5.74, 6) is 0.177. The van der Waals surface area contributed by atoms with Crippen LogP contribution in [0.1, 0.15) is 27.7 Å². The number of likely N-dealkylation sites (tertiary alicyclic amines) is 1. The van der Waals surface area contributed by atoms with Gasteiger partial charge in [-0.05, 0) is 17.9 Å². The molecule has 2 heteroatoms. The summed E-state index contributed by atoms with van der Waals surface area (Å²) in [5, 5.41) is 0. The Kier molecular flexibility index (Phi) is 2.54. The van der Waals surface area contributed by atoms with Crippen LogP contribution < -0.4 is 0 Å². The maximum absolute atomic E-state index is 11.1. The molecular weight excluding hydrogens is 162 g/mol. The number of carbonyl (C=O) groups excluding carboxylic acids is 1. The molecule has 0 atom stereocenters. The molecule has 1 fully saturated rings. The molecule has 0 spiro atoms. The van der Waals surface area contributed by atoms with E-state index in [0.717, 1.165) is 19.4 Å². The van der Waals surface area contributed by atoms with Crippen LogP contribution in [-0.4, -0.2) is 31.3 Å². The van der Waals surface area contributed by atoms with Crippen LogP contribution in [0.3, 0.4) is 0 Å². The van der Waals surface area contributed by atoms with Crippen molar-refractivity contribution in [1.82, 2.24) is 4.90 Å². The third kappa shape index (κ3) is 1.93. The van der Waals surface area contributed by atoms with Crippen molar-refractivity contribution in [3.63, 3.8) is 0 Å². The highest BCUT2D eigenvalue weighted by atomic mass is 16.1. The van der Waals surface area contributed by atoms with Crippen LogP contribution in [0, 0.1) is 16.7 Å². The fourth-order valence-electron chi connectivity index (χ4n) is 3.07. The third-order valence-corrected chi connectivity index (χ3v) is 3.17. The second-order valence-corrected chi connectivity index (χ2v) is 5.76. The lowest BCUT2D eigenvalue weighted by Gasteiger charge is -2.50. The highest BCUT2D eigenvalue weighted by Gasteiger charge is 2.45. The molecule has 0 unspecified atom stereocenters. The number of rotatable bonds is 1. The van der Waals surface area contributed by atoms with Gasteiger partial charge in [0.05, 0.1) is 0 Å². The summed E-state index contributed by atoms with van der Waals surface area (Å²) >= 11 is 0. The van der Waals surface area contributed by atoms with Crippen molar-refractivity contribution in [3.05, 3.63) is 0 Å². The van der Waals surface area contributed by atoms with Gasteiger partial charge in [-0.25, -0.2) is 0 Å². The summed E-state index contributed by atoms with van der Waals surface area (Å²) in [6, 6.07) is 0. The lowest BCUT2D eigenvalue weighted by Crippen LogP contribution is -2.54. The van der Waals surface area contributed by atoms with Crippen molar-refractivity contribution in [3.8, 4) is 0 Å². The van der Waals surface area contributed by atoms with Gasteiger partial charge in [-0.1, -0.05) is 27.7 Å². The zero-order valence-corrected chi connectivity index (χ0v) is 9.42. The molecule has 2 nitrogen and oxygen atoms in total. The first-order chi connectivity index (χ1) is 5.79. The summed E-state index contributed by atoms with van der Waals surface area (Å²) in [6.45, 7) is 10.8. The standard InChI is InChI=1S/C11H21NO/c1-10(2)7-12(5)8-11(3,4)9(10)6-13/h6,9H,7-8H2,1-5H3. The van der Waals surface area contributed by atoms with Crippen LogP contribution in [0.2, 0.25) is 0 Å². The minimum absolute atomic E-state index is 0.109. The maximum Gasteiger partial charge on any atom is 0.124 e. The zero-order valence-electron chi connectivity index (χ0n) is 9.42. The summed E-state index contributed by atoms with van der Waals surface area (Å²) in [4.78, 5) is 13.4. The second kappa shape index (κ2) is 3.09. The van der Waals surface area contributed by atoms with E-state index >= 15 is 0 Å². The number of hydrogen-bond acceptors (Lipinski definition) is 2. The molecule has 1 heterocycles. The van der Waals surface area contributed by atoms with Gasteiger partial charge < -0.3 is 9.69 Å². The van der Waals surface area contributed by atoms with E-state index in [9.17, 15) is 4.79 Å². The molecule has 0 bridgehead atoms. The Labute approximate surface area is 81.3 Å². The molecule has 0 aromatic carbocycles. The molecule has 0 radical (unpaired) electrons. The SMILES string of the molecule is CN1CC(C)(C)C(C=O)C(C)(C)C1. The van der Waals surface area contributed by atoms with Gasteiger partial charge >= 0.3 is 0 Å². The molecule has 0 saturated carbocycles. The van der Waals surface area contributed by atoms with E-state index in [1.807, 2.05) is 0 Å². The highest BCUT2D eigenvalue weighted by Crippen LogP contribution is 2.43. The lowest BCUT2D eigenvalue weighted by atomic mass is 9.62. The smallest absolute Gasteiger partial charge is 0.124 e. The van der Waals surface area contributed by atoms with Crippen molar-refractivity contribution in [2.45, 2.75) is 27.7 Å². The average molecular weight is 183 g/mol. The summed E-state index contributed by atoms with van der Waals surface area (Å²) in [7, 11) is 2.13. The quantitative estimate of drug-likeness (QED) is 0.578. The molecule has 0 amide bonds. The maximum atomic E-state index is 11.1. The van der Waals surface area contributed by atoms with E-state index < -0.39 is 0 Å². The van der Waals surface area contributed by atoms with Crippen molar-refractivity contribution < 1.29 is 4.79 Å². The minimum atomic E-state index is 0.109. The molecule has 1 aliphatic heterocycles. The van der Waals surface area contributed by atoms with Gasteiger partial charge in [-0.15, -0.1) is 0 Å². The fraction of sp³-hybridized carbons (Fsp3) is 0.909. The largest absolute Gasteiger partial charge is 0.305 e. The topological polar surface area (TPSA) is 20.3 Å². The van der Waals surface area contributed by atoms with Gasteiger partial charge in [0, 0.05) is 19.0 Å². The summed E-state index contributed by atoms with van der Waals surface area (Å²) in [6.07, 6.45) is 1.15. The van der Waals surface area contributed by atoms with Crippen LogP contribution in [0.15, 0.2) is 0 Å². The van der Waals surface area contributed by atoms with Crippen LogP contribution in [-0.2, 0) is 4.79 Å². The van der Waals surface area contributed by atoms with E-state index in [-0.39, 0.29) is 16.7 Å². The second-order valence-electron chi connectivity index (χ2n) is 5.76. The van der Waals surface area contributed by atoms with Crippen LogP contribution in [0.4, 0.5) is 0 Å². The zero-order chi connectivity index (χ0) is 10.3. The molecule has 1 aliphatic rings. The van der Waals surface area contributed by atoms with Crippen LogP contribution >= 0.6 is 0 Å². The number of piperidine rings is 1. The van der Waals surface area contributed by atoms with Crippen molar-refractivity contribution in [2.24, 2.45) is 16.7 Å². The first kappa shape index (κ1) is 10.7. The van der Waals surface area contributed by atoms with Crippen LogP contribution in [0.25, 0.3) is 0 Å². The number of nitrogens with zero attached hydrogens (tertiary/aromatic N) is 1. The van der Waals surface area contributed by atoms with Gasteiger partial charge in [0.2, 0.25) is 0 Å². The monoisotopic (exact) mass is 183 g/mol.